The van der Waals surface area contributed by atoms with Gasteiger partial charge in [0.05, 0.1) is 17.7 Å². The van der Waals surface area contributed by atoms with Gasteiger partial charge in [0.15, 0.2) is 6.61 Å². The number of hydrogen-bond acceptors (Lipinski definition) is 4. The standard InChI is InChI=1S/C19H29BrN2O3/c1-19(2,3)15-5-6-17(16(20)13-15)25-14-18(23)21-7-4-8-22-9-11-24-12-10-22/h5-6,13H,4,7-12,14H2,1-3H3,(H,21,23). The first-order valence-electron chi connectivity index (χ1n) is 8.86. The number of carbonyl (C=O) groups excluding carboxylic acids is 1. The first kappa shape index (κ1) is 20.2. The summed E-state index contributed by atoms with van der Waals surface area (Å²) < 4.78 is 11.8. The zero-order valence-electron chi connectivity index (χ0n) is 15.4. The van der Waals surface area contributed by atoms with Crippen LogP contribution in [0.4, 0.5) is 0 Å². The summed E-state index contributed by atoms with van der Waals surface area (Å²) in [6.07, 6.45) is 0.940. The van der Waals surface area contributed by atoms with Crippen molar-refractivity contribution in [2.24, 2.45) is 0 Å². The second kappa shape index (κ2) is 9.55. The lowest BCUT2D eigenvalue weighted by atomic mass is 9.87. The van der Waals surface area contributed by atoms with Gasteiger partial charge < -0.3 is 14.8 Å². The van der Waals surface area contributed by atoms with Crippen molar-refractivity contribution in [3.63, 3.8) is 0 Å². The van der Waals surface area contributed by atoms with Crippen LogP contribution >= 0.6 is 15.9 Å². The van der Waals surface area contributed by atoms with Crippen molar-refractivity contribution in [3.05, 3.63) is 28.2 Å². The normalized spacial score (nSPS) is 15.8. The fourth-order valence-electron chi connectivity index (χ4n) is 2.63. The summed E-state index contributed by atoms with van der Waals surface area (Å²) in [7, 11) is 0. The summed E-state index contributed by atoms with van der Waals surface area (Å²) in [5.41, 5.74) is 1.30. The van der Waals surface area contributed by atoms with Gasteiger partial charge in [0.1, 0.15) is 5.75 Å². The molecule has 1 aromatic rings. The maximum atomic E-state index is 11.9. The third-order valence-electron chi connectivity index (χ3n) is 4.23. The third-order valence-corrected chi connectivity index (χ3v) is 4.85. The fraction of sp³-hybridized carbons (Fsp3) is 0.632. The molecule has 6 heteroatoms. The van der Waals surface area contributed by atoms with E-state index in [1.165, 1.54) is 5.56 Å². The highest BCUT2D eigenvalue weighted by Crippen LogP contribution is 2.31. The Morgan fingerprint density at radius 2 is 2.04 bits per heavy atom. The molecule has 0 unspecified atom stereocenters. The van der Waals surface area contributed by atoms with E-state index in [4.69, 9.17) is 9.47 Å². The lowest BCUT2D eigenvalue weighted by Gasteiger charge is -2.26. The van der Waals surface area contributed by atoms with E-state index in [0.29, 0.717) is 12.3 Å². The van der Waals surface area contributed by atoms with Gasteiger partial charge in [-0.25, -0.2) is 0 Å². The number of rotatable bonds is 7. The summed E-state index contributed by atoms with van der Waals surface area (Å²) in [6.45, 7) is 11.8. The van der Waals surface area contributed by atoms with Crippen LogP contribution in [0.5, 0.6) is 5.75 Å². The summed E-state index contributed by atoms with van der Waals surface area (Å²) in [5.74, 6) is 0.602. The van der Waals surface area contributed by atoms with Gasteiger partial charge in [0, 0.05) is 19.6 Å². The highest BCUT2D eigenvalue weighted by Gasteiger charge is 2.15. The molecule has 0 aliphatic carbocycles. The topological polar surface area (TPSA) is 50.8 Å². The number of nitrogens with one attached hydrogen (secondary N) is 1. The Bertz CT molecular complexity index is 566. The molecule has 1 heterocycles. The second-order valence-corrected chi connectivity index (χ2v) is 8.20. The molecule has 1 amide bonds. The second-order valence-electron chi connectivity index (χ2n) is 7.34. The average molecular weight is 413 g/mol. The molecule has 0 bridgehead atoms. The van der Waals surface area contributed by atoms with E-state index in [1.807, 2.05) is 12.1 Å². The maximum absolute atomic E-state index is 11.9. The van der Waals surface area contributed by atoms with Gasteiger partial charge in [0.2, 0.25) is 0 Å². The van der Waals surface area contributed by atoms with Gasteiger partial charge in [-0.3, -0.25) is 9.69 Å². The number of carbonyl (C=O) groups is 1. The number of morpholine rings is 1. The van der Waals surface area contributed by atoms with Crippen LogP contribution in [0.25, 0.3) is 0 Å². The monoisotopic (exact) mass is 412 g/mol. The molecular weight excluding hydrogens is 384 g/mol. The molecule has 0 aromatic heterocycles. The number of hydrogen-bond donors (Lipinski definition) is 1. The number of nitrogens with zero attached hydrogens (tertiary/aromatic N) is 1. The van der Waals surface area contributed by atoms with Crippen LogP contribution in [0.1, 0.15) is 32.8 Å². The van der Waals surface area contributed by atoms with Crippen LogP contribution in [0.2, 0.25) is 0 Å². The molecule has 1 saturated heterocycles. The third kappa shape index (κ3) is 6.96. The first-order valence-corrected chi connectivity index (χ1v) is 9.65. The van der Waals surface area contributed by atoms with E-state index >= 15 is 0 Å². The molecule has 0 spiro atoms. The van der Waals surface area contributed by atoms with Crippen molar-refractivity contribution in [2.45, 2.75) is 32.6 Å². The highest BCUT2D eigenvalue weighted by atomic mass is 79.9. The molecule has 1 fully saturated rings. The zero-order valence-corrected chi connectivity index (χ0v) is 17.0. The van der Waals surface area contributed by atoms with Crippen LogP contribution in [0, 0.1) is 0 Å². The molecule has 0 radical (unpaired) electrons. The van der Waals surface area contributed by atoms with Crippen molar-refractivity contribution in [3.8, 4) is 5.75 Å². The zero-order chi connectivity index (χ0) is 18.3. The summed E-state index contributed by atoms with van der Waals surface area (Å²) in [5, 5.41) is 2.91. The molecule has 0 atom stereocenters. The van der Waals surface area contributed by atoms with E-state index in [0.717, 1.165) is 43.7 Å². The van der Waals surface area contributed by atoms with Gasteiger partial charge in [0.25, 0.3) is 5.91 Å². The van der Waals surface area contributed by atoms with Gasteiger partial charge in [-0.15, -0.1) is 0 Å². The summed E-state index contributed by atoms with van der Waals surface area (Å²) in [6, 6.07) is 6.01. The van der Waals surface area contributed by atoms with Crippen molar-refractivity contribution < 1.29 is 14.3 Å². The lowest BCUT2D eigenvalue weighted by Crippen LogP contribution is -2.38. The molecule has 1 aliphatic heterocycles. The number of ether oxygens (including phenoxy) is 2. The Kier molecular flexibility index (Phi) is 7.72. The lowest BCUT2D eigenvalue weighted by molar-refractivity contribution is -0.123. The Balaban J connectivity index is 1.67. The Hall–Kier alpha value is -1.11. The molecule has 5 nitrogen and oxygen atoms in total. The van der Waals surface area contributed by atoms with Gasteiger partial charge in [-0.05, 0) is 52.0 Å². The Morgan fingerprint density at radius 1 is 1.32 bits per heavy atom. The van der Waals surface area contributed by atoms with Crippen LogP contribution in [0.3, 0.4) is 0 Å². The Morgan fingerprint density at radius 3 is 2.68 bits per heavy atom. The summed E-state index contributed by atoms with van der Waals surface area (Å²) >= 11 is 3.53. The molecule has 25 heavy (non-hydrogen) atoms. The predicted molar refractivity (Wildman–Crippen MR) is 103 cm³/mol. The number of benzene rings is 1. The van der Waals surface area contributed by atoms with Crippen LogP contribution < -0.4 is 10.1 Å². The smallest absolute Gasteiger partial charge is 0.257 e. The van der Waals surface area contributed by atoms with Crippen LogP contribution in [0.15, 0.2) is 22.7 Å². The Labute approximate surface area is 159 Å². The quantitative estimate of drug-likeness (QED) is 0.699. The minimum absolute atomic E-state index is 0.0328. The summed E-state index contributed by atoms with van der Waals surface area (Å²) in [4.78, 5) is 14.3. The first-order chi connectivity index (χ1) is 11.9. The molecule has 1 aliphatic rings. The van der Waals surface area contributed by atoms with Crippen molar-refractivity contribution >= 4 is 21.8 Å². The van der Waals surface area contributed by atoms with Crippen LogP contribution in [-0.2, 0) is 14.9 Å². The fourth-order valence-corrected chi connectivity index (χ4v) is 3.13. The molecule has 1 N–H and O–H groups in total. The van der Waals surface area contributed by atoms with Gasteiger partial charge in [-0.2, -0.15) is 0 Å². The van der Waals surface area contributed by atoms with Gasteiger partial charge in [-0.1, -0.05) is 26.8 Å². The predicted octanol–water partition coefficient (Wildman–Crippen LogP) is 2.96. The average Bonchev–Trinajstić information content (AvgIpc) is 2.57. The van der Waals surface area contributed by atoms with Crippen molar-refractivity contribution in [2.75, 3.05) is 46.0 Å². The molecular formula is C19H29BrN2O3. The van der Waals surface area contributed by atoms with E-state index in [1.54, 1.807) is 0 Å². The molecule has 0 saturated carbocycles. The SMILES string of the molecule is CC(C)(C)c1ccc(OCC(=O)NCCCN2CCOCC2)c(Br)c1. The van der Waals surface area contributed by atoms with E-state index < -0.39 is 0 Å². The maximum Gasteiger partial charge on any atom is 0.257 e. The van der Waals surface area contributed by atoms with Crippen molar-refractivity contribution in [1.29, 1.82) is 0 Å². The molecule has 1 aromatic carbocycles. The largest absolute Gasteiger partial charge is 0.483 e. The van der Waals surface area contributed by atoms with Gasteiger partial charge >= 0.3 is 0 Å². The van der Waals surface area contributed by atoms with Crippen molar-refractivity contribution in [1.82, 2.24) is 10.2 Å². The van der Waals surface area contributed by atoms with E-state index in [9.17, 15) is 4.79 Å². The minimum Gasteiger partial charge on any atom is -0.483 e. The molecule has 140 valence electrons. The molecule has 2 rings (SSSR count). The minimum atomic E-state index is -0.0891. The number of halogens is 1. The number of amides is 1. The van der Waals surface area contributed by atoms with E-state index in [2.05, 4.69) is 53.0 Å². The van der Waals surface area contributed by atoms with Crippen LogP contribution in [-0.4, -0.2) is 56.8 Å². The highest BCUT2D eigenvalue weighted by molar-refractivity contribution is 9.10. The van der Waals surface area contributed by atoms with E-state index in [-0.39, 0.29) is 17.9 Å².